The quantitative estimate of drug-likeness (QED) is 0.179. The number of unbranched alkanes of at least 4 members (excludes halogenated alkanes) is 1. The summed E-state index contributed by atoms with van der Waals surface area (Å²) in [6.45, 7) is -0.668. The maximum absolute atomic E-state index is 13.7. The van der Waals surface area contributed by atoms with Crippen LogP contribution >= 0.6 is 29.3 Å². The standard InChI is InChI=1S/C19H25ClF3N2O8PS/c1-2-3-10-32-16(26)13-25(17(27)18(21,22)23)19(34(28,29)30,24-8-11-31-12-9-24)33-14-4-6-15(35-20)7-5-14/h4-7H,2-3,8-13H2,1H3,(H2,28,29,30). The first-order chi connectivity index (χ1) is 16.4. The molecule has 35 heavy (non-hydrogen) atoms. The van der Waals surface area contributed by atoms with Gasteiger partial charge in [-0.1, -0.05) is 13.3 Å². The Balaban J connectivity index is 2.66. The molecule has 2 N–H and O–H groups in total. The van der Waals surface area contributed by atoms with Crippen LogP contribution in [0.1, 0.15) is 19.8 Å². The Morgan fingerprint density at radius 2 is 1.83 bits per heavy atom. The van der Waals surface area contributed by atoms with Crippen LogP contribution in [0.3, 0.4) is 0 Å². The van der Waals surface area contributed by atoms with Crippen LogP contribution in [0.4, 0.5) is 13.2 Å². The number of halogens is 4. The number of carbonyl (C=O) groups is 2. The number of hydrogen-bond acceptors (Lipinski definition) is 8. The van der Waals surface area contributed by atoms with Crippen LogP contribution in [0.15, 0.2) is 29.2 Å². The van der Waals surface area contributed by atoms with E-state index in [1.54, 1.807) is 6.92 Å². The summed E-state index contributed by atoms with van der Waals surface area (Å²) in [5, 5.41) is 0. The van der Waals surface area contributed by atoms with Gasteiger partial charge in [-0.05, 0) is 52.3 Å². The molecule has 10 nitrogen and oxygen atoms in total. The minimum absolute atomic E-state index is 0.123. The largest absolute Gasteiger partial charge is 0.471 e. The topological polar surface area (TPSA) is 126 Å². The zero-order valence-electron chi connectivity index (χ0n) is 18.6. The number of amides is 1. The number of ether oxygens (including phenoxy) is 3. The summed E-state index contributed by atoms with van der Waals surface area (Å²) in [5.74, 6) is -4.26. The Hall–Kier alpha value is -1.54. The van der Waals surface area contributed by atoms with Gasteiger partial charge in [0.2, 0.25) is 0 Å². The van der Waals surface area contributed by atoms with Crippen molar-refractivity contribution in [1.29, 1.82) is 0 Å². The van der Waals surface area contributed by atoms with Crippen molar-refractivity contribution >= 4 is 41.1 Å². The van der Waals surface area contributed by atoms with Crippen molar-refractivity contribution in [2.24, 2.45) is 0 Å². The molecule has 1 aromatic rings. The Morgan fingerprint density at radius 1 is 1.23 bits per heavy atom. The molecule has 1 aliphatic rings. The summed E-state index contributed by atoms with van der Waals surface area (Å²) >= 11 is 0. The molecule has 1 aromatic carbocycles. The lowest BCUT2D eigenvalue weighted by Crippen LogP contribution is -2.69. The third-order valence-electron chi connectivity index (χ3n) is 4.86. The fraction of sp³-hybridized carbons (Fsp3) is 0.579. The van der Waals surface area contributed by atoms with E-state index in [9.17, 15) is 37.1 Å². The lowest BCUT2D eigenvalue weighted by Gasteiger charge is -2.49. The number of alkyl halides is 3. The highest BCUT2D eigenvalue weighted by Crippen LogP contribution is 2.56. The van der Waals surface area contributed by atoms with Crippen LogP contribution in [0.25, 0.3) is 0 Å². The van der Waals surface area contributed by atoms with Gasteiger partial charge in [-0.25, -0.2) is 4.90 Å². The second-order valence-corrected chi connectivity index (χ2v) is 10.1. The molecular weight excluding hydrogens is 540 g/mol. The molecular formula is C19H25ClF3N2O8PS. The third-order valence-corrected chi connectivity index (χ3v) is 7.22. The second-order valence-electron chi connectivity index (χ2n) is 7.33. The highest BCUT2D eigenvalue weighted by molar-refractivity contribution is 8.21. The Labute approximate surface area is 208 Å². The van der Waals surface area contributed by atoms with Gasteiger partial charge in [0.15, 0.2) is 0 Å². The van der Waals surface area contributed by atoms with Crippen LogP contribution in [0, 0.1) is 0 Å². The van der Waals surface area contributed by atoms with Gasteiger partial charge in [0.1, 0.15) is 12.3 Å². The molecule has 1 amide bonds. The minimum atomic E-state index is -5.81. The SMILES string of the molecule is CCCCOC(=O)CN(C(=O)C(F)(F)F)C(Oc1ccc(SCl)cc1)(N1CCOCC1)P(=O)(O)O. The van der Waals surface area contributed by atoms with Crippen molar-refractivity contribution in [3.63, 3.8) is 0 Å². The molecule has 0 spiro atoms. The number of esters is 1. The van der Waals surface area contributed by atoms with Crippen molar-refractivity contribution in [3.05, 3.63) is 24.3 Å². The molecule has 1 fully saturated rings. The summed E-state index contributed by atoms with van der Waals surface area (Å²) in [7, 11) is 0.669. The van der Waals surface area contributed by atoms with Gasteiger partial charge < -0.3 is 24.0 Å². The van der Waals surface area contributed by atoms with E-state index in [0.29, 0.717) is 17.7 Å². The fourth-order valence-electron chi connectivity index (χ4n) is 3.23. The Bertz CT molecular complexity index is 914. The molecule has 1 unspecified atom stereocenters. The molecule has 0 saturated carbocycles. The van der Waals surface area contributed by atoms with Crippen LogP contribution in [-0.4, -0.2) is 82.7 Å². The van der Waals surface area contributed by atoms with Crippen molar-refractivity contribution in [2.45, 2.75) is 36.4 Å². The molecule has 2 rings (SSSR count). The van der Waals surface area contributed by atoms with Gasteiger partial charge in [-0.3, -0.25) is 19.1 Å². The van der Waals surface area contributed by atoms with E-state index in [-0.39, 0.29) is 43.6 Å². The van der Waals surface area contributed by atoms with Gasteiger partial charge in [-0.15, -0.1) is 0 Å². The summed E-state index contributed by atoms with van der Waals surface area (Å²) < 4.78 is 69.5. The molecule has 198 valence electrons. The van der Waals surface area contributed by atoms with Crippen molar-refractivity contribution < 1.29 is 51.3 Å². The number of nitrogens with zero attached hydrogens (tertiary/aromatic N) is 2. The lowest BCUT2D eigenvalue weighted by molar-refractivity contribution is -0.220. The van der Waals surface area contributed by atoms with E-state index in [4.69, 9.17) is 24.9 Å². The first-order valence-electron chi connectivity index (χ1n) is 10.4. The number of hydrogen-bond donors (Lipinski definition) is 2. The molecule has 1 saturated heterocycles. The van der Waals surface area contributed by atoms with Gasteiger partial charge in [-0.2, -0.15) is 13.2 Å². The van der Waals surface area contributed by atoms with Crippen molar-refractivity contribution in [1.82, 2.24) is 9.80 Å². The monoisotopic (exact) mass is 564 g/mol. The van der Waals surface area contributed by atoms with Crippen molar-refractivity contribution in [3.8, 4) is 5.75 Å². The summed E-state index contributed by atoms with van der Waals surface area (Å²) in [5.41, 5.74) is -3.33. The third kappa shape index (κ3) is 7.48. The molecule has 0 aromatic heterocycles. The maximum Gasteiger partial charge on any atom is 0.471 e. The fourth-order valence-corrected chi connectivity index (χ4v) is 5.04. The van der Waals surface area contributed by atoms with E-state index in [1.807, 2.05) is 0 Å². The number of benzene rings is 1. The molecule has 1 heterocycles. The molecule has 0 aliphatic carbocycles. The summed E-state index contributed by atoms with van der Waals surface area (Å²) in [6.07, 6.45) is -4.59. The van der Waals surface area contributed by atoms with Crippen molar-refractivity contribution in [2.75, 3.05) is 39.5 Å². The molecule has 0 radical (unpaired) electrons. The Kier molecular flexibility index (Phi) is 10.7. The number of rotatable bonds is 11. The van der Waals surface area contributed by atoms with E-state index in [0.717, 1.165) is 15.9 Å². The molecule has 0 bridgehead atoms. The van der Waals surface area contributed by atoms with E-state index >= 15 is 0 Å². The van der Waals surface area contributed by atoms with Gasteiger partial charge in [0.25, 0.3) is 0 Å². The highest BCUT2D eigenvalue weighted by atomic mass is 35.7. The van der Waals surface area contributed by atoms with Crippen LogP contribution in [-0.2, 0) is 23.6 Å². The number of morpholine rings is 1. The first-order valence-corrected chi connectivity index (χ1v) is 13.6. The van der Waals surface area contributed by atoms with Gasteiger partial charge in [0, 0.05) is 18.0 Å². The zero-order chi connectivity index (χ0) is 26.3. The summed E-state index contributed by atoms with van der Waals surface area (Å²) in [6, 6.07) is 5.22. The molecule has 1 atom stereocenters. The first kappa shape index (κ1) is 29.7. The van der Waals surface area contributed by atoms with Crippen LogP contribution in [0.2, 0.25) is 0 Å². The molecule has 16 heteroatoms. The Morgan fingerprint density at radius 3 is 2.31 bits per heavy atom. The minimum Gasteiger partial charge on any atom is -0.464 e. The van der Waals surface area contributed by atoms with Gasteiger partial charge in [0.05, 0.1) is 19.8 Å². The average molecular weight is 565 g/mol. The van der Waals surface area contributed by atoms with Gasteiger partial charge >= 0.3 is 31.2 Å². The predicted molar refractivity (Wildman–Crippen MR) is 120 cm³/mol. The van der Waals surface area contributed by atoms with E-state index in [1.165, 1.54) is 24.3 Å². The zero-order valence-corrected chi connectivity index (χ0v) is 21.0. The predicted octanol–water partition coefficient (Wildman–Crippen LogP) is 3.17. The number of carbonyl (C=O) groups excluding carboxylic acids is 2. The average Bonchev–Trinajstić information content (AvgIpc) is 2.80. The maximum atomic E-state index is 13.7. The summed E-state index contributed by atoms with van der Waals surface area (Å²) in [4.78, 5) is 46.8. The smallest absolute Gasteiger partial charge is 0.464 e. The van der Waals surface area contributed by atoms with Crippen LogP contribution < -0.4 is 4.74 Å². The lowest BCUT2D eigenvalue weighted by atomic mass is 10.3. The normalized spacial score (nSPS) is 16.9. The van der Waals surface area contributed by atoms with Crippen LogP contribution in [0.5, 0.6) is 5.75 Å². The highest BCUT2D eigenvalue weighted by Gasteiger charge is 2.65. The second kappa shape index (κ2) is 12.6. The van der Waals surface area contributed by atoms with E-state index < -0.39 is 37.8 Å². The van der Waals surface area contributed by atoms with E-state index in [2.05, 4.69) is 0 Å². The molecule has 1 aliphatic heterocycles.